The number of hydrogen-bond acceptors (Lipinski definition) is 7. The lowest BCUT2D eigenvalue weighted by Gasteiger charge is -2.46. The van der Waals surface area contributed by atoms with E-state index in [-0.39, 0.29) is 29.8 Å². The fraction of sp³-hybridized carbons (Fsp3) is 0.639. The number of fused-ring (bicyclic) bond motifs is 1. The van der Waals surface area contributed by atoms with E-state index in [9.17, 15) is 19.1 Å². The third kappa shape index (κ3) is 7.63. The third-order valence-electron chi connectivity index (χ3n) is 10.2. The van der Waals surface area contributed by atoms with Crippen LogP contribution in [0.5, 0.6) is 0 Å². The van der Waals surface area contributed by atoms with Crippen LogP contribution in [0.25, 0.3) is 16.7 Å². The number of nitrogens with zero attached hydrogens (tertiary/aromatic N) is 7. The van der Waals surface area contributed by atoms with Gasteiger partial charge in [-0.2, -0.15) is 0 Å². The molecular weight excluding hydrogens is 597 g/mol. The highest BCUT2D eigenvalue weighted by Gasteiger charge is 2.35. The molecule has 2 aliphatic rings. The molecule has 4 heterocycles. The van der Waals surface area contributed by atoms with Gasteiger partial charge < -0.3 is 14.9 Å². The Morgan fingerprint density at radius 2 is 1.74 bits per heavy atom. The summed E-state index contributed by atoms with van der Waals surface area (Å²) in [4.78, 5) is 41.5. The van der Waals surface area contributed by atoms with Crippen molar-refractivity contribution in [3.63, 3.8) is 0 Å². The van der Waals surface area contributed by atoms with Crippen LogP contribution in [-0.4, -0.2) is 122 Å². The smallest absolute Gasteiger partial charge is 0.333 e. The van der Waals surface area contributed by atoms with Gasteiger partial charge in [-0.05, 0) is 76.8 Å². The highest BCUT2D eigenvalue weighted by molar-refractivity contribution is 5.98. The summed E-state index contributed by atoms with van der Waals surface area (Å²) in [6, 6.07) is 4.52. The zero-order valence-electron chi connectivity index (χ0n) is 29.2. The van der Waals surface area contributed by atoms with Crippen LogP contribution in [0.3, 0.4) is 0 Å². The summed E-state index contributed by atoms with van der Waals surface area (Å²) in [6.45, 7) is 21.5. The zero-order chi connectivity index (χ0) is 33.8. The average Bonchev–Trinajstić information content (AvgIpc) is 3.29. The monoisotopic (exact) mass is 651 g/mol. The van der Waals surface area contributed by atoms with Gasteiger partial charge in [0.1, 0.15) is 5.82 Å². The molecule has 258 valence electrons. The Kier molecular flexibility index (Phi) is 11.5. The number of likely N-dealkylation sites (tertiary alicyclic amines) is 1. The Labute approximate surface area is 278 Å². The van der Waals surface area contributed by atoms with Crippen molar-refractivity contribution >= 4 is 16.9 Å². The fourth-order valence-electron chi connectivity index (χ4n) is 7.65. The number of hydrogen-bond donors (Lipinski definition) is 1. The normalized spacial score (nSPS) is 17.6. The number of pyridine rings is 1. The number of amides is 1. The number of β-amino-alcohol motifs (C(OH)–C–C–N with tert-alkyl or cyclic N) is 1. The van der Waals surface area contributed by atoms with Crippen LogP contribution in [0, 0.1) is 24.6 Å². The number of piperazine rings is 1. The lowest BCUT2D eigenvalue weighted by atomic mass is 9.90. The first kappa shape index (κ1) is 35.2. The molecule has 2 aromatic heterocycles. The van der Waals surface area contributed by atoms with E-state index in [1.807, 2.05) is 32.3 Å². The average molecular weight is 652 g/mol. The molecule has 2 aliphatic heterocycles. The standard InChI is InChI=1S/C36H54FN7O3/c1-7-42(26(4)5)35(46)30-19-29(37)10-11-32(30)44-33-21-38-20-27(6)34(33)43(36(44)47)24-28-22-41(23-28)31(25(2)3)9-8-12-39-13-15-40(16-14-39)17-18-45/h10-11,19-21,25-26,28,31,45H,7-9,12-18,22-24H2,1-6H3. The lowest BCUT2D eigenvalue weighted by Crippen LogP contribution is -2.55. The third-order valence-corrected chi connectivity index (χ3v) is 10.2. The van der Waals surface area contributed by atoms with E-state index in [4.69, 9.17) is 0 Å². The minimum Gasteiger partial charge on any atom is -0.395 e. The molecule has 5 rings (SSSR count). The van der Waals surface area contributed by atoms with Crippen LogP contribution in [-0.2, 0) is 6.54 Å². The van der Waals surface area contributed by atoms with Gasteiger partial charge in [0.25, 0.3) is 5.91 Å². The molecule has 0 bridgehead atoms. The van der Waals surface area contributed by atoms with Crippen LogP contribution < -0.4 is 5.69 Å². The molecule has 11 heteroatoms. The van der Waals surface area contributed by atoms with Crippen molar-refractivity contribution in [2.75, 3.05) is 65.5 Å². The van der Waals surface area contributed by atoms with Crippen LogP contribution in [0.15, 0.2) is 35.4 Å². The highest BCUT2D eigenvalue weighted by atomic mass is 19.1. The SMILES string of the molecule is CCN(C(=O)c1cc(F)ccc1-n1c(=O)n(CC2CN(C(CCCN3CCN(CCO)CC3)C(C)C)C2)c2c(C)cncc21)C(C)C. The first-order valence-electron chi connectivity index (χ1n) is 17.5. The number of aryl methyl sites for hydroxylation is 1. The van der Waals surface area contributed by atoms with Crippen molar-refractivity contribution in [2.24, 2.45) is 11.8 Å². The molecule has 1 N–H and O–H groups in total. The van der Waals surface area contributed by atoms with E-state index in [0.29, 0.717) is 42.2 Å². The molecule has 0 radical (unpaired) electrons. The Bertz CT molecular complexity index is 1570. The maximum Gasteiger partial charge on any atom is 0.333 e. The summed E-state index contributed by atoms with van der Waals surface area (Å²) in [5, 5.41) is 9.21. The zero-order valence-corrected chi connectivity index (χ0v) is 29.2. The van der Waals surface area contributed by atoms with Gasteiger partial charge in [-0.1, -0.05) is 13.8 Å². The summed E-state index contributed by atoms with van der Waals surface area (Å²) >= 11 is 0. The van der Waals surface area contributed by atoms with Gasteiger partial charge in [0.2, 0.25) is 0 Å². The highest BCUT2D eigenvalue weighted by Crippen LogP contribution is 2.29. The maximum absolute atomic E-state index is 14.6. The van der Waals surface area contributed by atoms with E-state index < -0.39 is 5.82 Å². The molecule has 1 amide bonds. The molecule has 2 fully saturated rings. The topological polar surface area (TPSA) is 90.1 Å². The largest absolute Gasteiger partial charge is 0.395 e. The van der Waals surface area contributed by atoms with E-state index in [1.54, 1.807) is 21.9 Å². The summed E-state index contributed by atoms with van der Waals surface area (Å²) in [7, 11) is 0. The van der Waals surface area contributed by atoms with E-state index in [0.717, 1.165) is 76.3 Å². The number of carbonyl (C=O) groups excluding carboxylic acids is 1. The van der Waals surface area contributed by atoms with Crippen LogP contribution in [0.1, 0.15) is 63.4 Å². The van der Waals surface area contributed by atoms with Crippen molar-refractivity contribution in [3.05, 3.63) is 58.0 Å². The van der Waals surface area contributed by atoms with Gasteiger partial charge >= 0.3 is 5.69 Å². The van der Waals surface area contributed by atoms with Gasteiger partial charge in [0.15, 0.2) is 0 Å². The van der Waals surface area contributed by atoms with Crippen LogP contribution >= 0.6 is 0 Å². The van der Waals surface area contributed by atoms with Gasteiger partial charge in [0.05, 0.1) is 35.1 Å². The van der Waals surface area contributed by atoms with E-state index in [2.05, 4.69) is 33.5 Å². The molecule has 2 saturated heterocycles. The summed E-state index contributed by atoms with van der Waals surface area (Å²) in [5.41, 5.74) is 2.63. The molecule has 0 aliphatic carbocycles. The summed E-state index contributed by atoms with van der Waals surface area (Å²) < 4.78 is 18.0. The van der Waals surface area contributed by atoms with Gasteiger partial charge in [-0.15, -0.1) is 0 Å². The predicted molar refractivity (Wildman–Crippen MR) is 185 cm³/mol. The second-order valence-electron chi connectivity index (χ2n) is 14.1. The predicted octanol–water partition coefficient (Wildman–Crippen LogP) is 3.85. The maximum atomic E-state index is 14.6. The molecule has 47 heavy (non-hydrogen) atoms. The number of benzene rings is 1. The summed E-state index contributed by atoms with van der Waals surface area (Å²) in [5.74, 6) is 0.0471. The Morgan fingerprint density at radius 3 is 2.36 bits per heavy atom. The molecule has 0 spiro atoms. The number of aromatic nitrogens is 3. The first-order valence-corrected chi connectivity index (χ1v) is 17.5. The number of rotatable bonds is 14. The molecule has 1 atom stereocenters. The molecule has 10 nitrogen and oxygen atoms in total. The molecule has 1 aromatic carbocycles. The van der Waals surface area contributed by atoms with Crippen molar-refractivity contribution in [1.82, 2.24) is 33.7 Å². The number of imidazole rings is 1. The van der Waals surface area contributed by atoms with Crippen molar-refractivity contribution < 1.29 is 14.3 Å². The van der Waals surface area contributed by atoms with Crippen molar-refractivity contribution in [1.29, 1.82) is 0 Å². The van der Waals surface area contributed by atoms with Crippen LogP contribution in [0.2, 0.25) is 0 Å². The molecule has 0 saturated carbocycles. The molecular formula is C36H54FN7O3. The van der Waals surface area contributed by atoms with Gasteiger partial charge in [0, 0.05) is 83.1 Å². The van der Waals surface area contributed by atoms with Crippen molar-refractivity contribution in [3.8, 4) is 5.69 Å². The molecule has 3 aromatic rings. The summed E-state index contributed by atoms with van der Waals surface area (Å²) in [6.07, 6.45) is 5.75. The minimum absolute atomic E-state index is 0.0741. The fourth-order valence-corrected chi connectivity index (χ4v) is 7.65. The van der Waals surface area contributed by atoms with Gasteiger partial charge in [-0.3, -0.25) is 28.7 Å². The first-order chi connectivity index (χ1) is 22.5. The second kappa shape index (κ2) is 15.4. The second-order valence-corrected chi connectivity index (χ2v) is 14.1. The van der Waals surface area contributed by atoms with Gasteiger partial charge in [-0.25, -0.2) is 9.18 Å². The van der Waals surface area contributed by atoms with E-state index in [1.165, 1.54) is 18.2 Å². The number of carbonyl (C=O) groups is 1. The number of aliphatic hydroxyl groups excluding tert-OH is 1. The van der Waals surface area contributed by atoms with Crippen molar-refractivity contribution in [2.45, 2.75) is 73.0 Å². The molecule has 1 unspecified atom stereocenters. The minimum atomic E-state index is -0.516. The van der Waals surface area contributed by atoms with E-state index >= 15 is 0 Å². The Balaban J connectivity index is 1.32. The number of aliphatic hydroxyl groups is 1. The quantitative estimate of drug-likeness (QED) is 0.283. The Morgan fingerprint density at radius 1 is 1.06 bits per heavy atom. The lowest BCUT2D eigenvalue weighted by molar-refractivity contribution is 0.0169. The number of halogens is 1. The Hall–Kier alpha value is -3.12. The van der Waals surface area contributed by atoms with Crippen LogP contribution in [0.4, 0.5) is 4.39 Å².